The van der Waals surface area contributed by atoms with Gasteiger partial charge in [-0.1, -0.05) is 40.2 Å². The van der Waals surface area contributed by atoms with Crippen LogP contribution in [0.1, 0.15) is 24.0 Å². The molecule has 0 saturated heterocycles. The maximum absolute atomic E-state index is 6.56. The van der Waals surface area contributed by atoms with Crippen molar-refractivity contribution in [3.63, 3.8) is 0 Å². The molecule has 0 radical (unpaired) electrons. The fourth-order valence-corrected chi connectivity index (χ4v) is 5.75. The molecule has 0 amide bonds. The number of hydrogen-bond donors (Lipinski definition) is 1. The van der Waals surface area contributed by atoms with Crippen molar-refractivity contribution in [2.75, 3.05) is 26.0 Å². The predicted octanol–water partition coefficient (Wildman–Crippen LogP) is 5.03. The van der Waals surface area contributed by atoms with Crippen LogP contribution in [0.2, 0.25) is 0 Å². The van der Waals surface area contributed by atoms with Crippen molar-refractivity contribution in [2.24, 2.45) is 0 Å². The summed E-state index contributed by atoms with van der Waals surface area (Å²) >= 11 is 9.23. The highest BCUT2D eigenvalue weighted by Crippen LogP contribution is 2.57. The SMILES string of the molecule is COc1cc(Br)c2c3c1O[C@H]1C[C@@H](OC(=S)Nc4ccccc4)C=CC31CCN(C)C2. The number of halogens is 1. The molecule has 2 aliphatic heterocycles. The van der Waals surface area contributed by atoms with Gasteiger partial charge >= 0.3 is 0 Å². The van der Waals surface area contributed by atoms with Crippen molar-refractivity contribution in [2.45, 2.75) is 37.0 Å². The molecule has 162 valence electrons. The second kappa shape index (κ2) is 8.11. The van der Waals surface area contributed by atoms with Gasteiger partial charge in [0.15, 0.2) is 11.5 Å². The summed E-state index contributed by atoms with van der Waals surface area (Å²) in [5.41, 5.74) is 3.27. The van der Waals surface area contributed by atoms with Crippen LogP contribution >= 0.6 is 28.1 Å². The van der Waals surface area contributed by atoms with Crippen molar-refractivity contribution < 1.29 is 14.2 Å². The Bertz CT molecular complexity index is 1040. The van der Waals surface area contributed by atoms with Crippen LogP contribution in [0.25, 0.3) is 0 Å². The van der Waals surface area contributed by atoms with Crippen LogP contribution in [0.3, 0.4) is 0 Å². The molecule has 2 aromatic carbocycles. The first kappa shape index (κ1) is 20.8. The topological polar surface area (TPSA) is 43.0 Å². The zero-order chi connectivity index (χ0) is 21.6. The van der Waals surface area contributed by atoms with Gasteiger partial charge in [-0.15, -0.1) is 0 Å². The van der Waals surface area contributed by atoms with Crippen LogP contribution in [-0.2, 0) is 16.7 Å². The number of hydrogen-bond acceptors (Lipinski definition) is 5. The lowest BCUT2D eigenvalue weighted by Crippen LogP contribution is -2.44. The average Bonchev–Trinajstić information content (AvgIpc) is 3.01. The summed E-state index contributed by atoms with van der Waals surface area (Å²) < 4.78 is 19.4. The van der Waals surface area contributed by atoms with Crippen LogP contribution in [0.5, 0.6) is 11.5 Å². The molecule has 0 aromatic heterocycles. The number of methoxy groups -OCH3 is 1. The zero-order valence-electron chi connectivity index (χ0n) is 17.6. The van der Waals surface area contributed by atoms with Gasteiger partial charge in [0.2, 0.25) is 0 Å². The molecule has 3 atom stereocenters. The molecule has 0 bridgehead atoms. The van der Waals surface area contributed by atoms with Crippen molar-refractivity contribution in [1.29, 1.82) is 0 Å². The Morgan fingerprint density at radius 1 is 1.32 bits per heavy atom. The second-order valence-corrected chi connectivity index (χ2v) is 9.63. The normalized spacial score (nSPS) is 26.3. The lowest BCUT2D eigenvalue weighted by molar-refractivity contribution is 0.0887. The van der Waals surface area contributed by atoms with E-state index in [9.17, 15) is 0 Å². The summed E-state index contributed by atoms with van der Waals surface area (Å²) in [6, 6.07) is 11.8. The van der Waals surface area contributed by atoms with Gasteiger partial charge in [0.25, 0.3) is 5.17 Å². The van der Waals surface area contributed by atoms with Gasteiger partial charge in [0.05, 0.1) is 12.5 Å². The first-order chi connectivity index (χ1) is 15.0. The van der Waals surface area contributed by atoms with E-state index in [-0.39, 0.29) is 17.6 Å². The minimum Gasteiger partial charge on any atom is -0.493 e. The highest BCUT2D eigenvalue weighted by Gasteiger charge is 2.53. The molecule has 31 heavy (non-hydrogen) atoms. The van der Waals surface area contributed by atoms with E-state index in [1.807, 2.05) is 36.4 Å². The lowest BCUT2D eigenvalue weighted by atomic mass is 9.69. The first-order valence-electron chi connectivity index (χ1n) is 10.5. The Balaban J connectivity index is 1.44. The summed E-state index contributed by atoms with van der Waals surface area (Å²) in [5, 5.41) is 3.52. The lowest BCUT2D eigenvalue weighted by Gasteiger charge is -2.37. The van der Waals surface area contributed by atoms with Gasteiger partial charge in [0, 0.05) is 28.7 Å². The molecular formula is C24H25BrN2O3S. The van der Waals surface area contributed by atoms with Crippen molar-refractivity contribution in [3.8, 4) is 11.5 Å². The summed E-state index contributed by atoms with van der Waals surface area (Å²) in [4.78, 5) is 2.37. The summed E-state index contributed by atoms with van der Waals surface area (Å²) in [6.45, 7) is 1.87. The Kier molecular flexibility index (Phi) is 5.44. The number of nitrogens with one attached hydrogen (secondary N) is 1. The Hall–Kier alpha value is -2.09. The molecule has 0 fully saturated rings. The maximum Gasteiger partial charge on any atom is 0.261 e. The van der Waals surface area contributed by atoms with E-state index >= 15 is 0 Å². The van der Waals surface area contributed by atoms with Crippen LogP contribution in [0.15, 0.2) is 53.0 Å². The van der Waals surface area contributed by atoms with E-state index in [4.69, 9.17) is 26.4 Å². The molecular weight excluding hydrogens is 476 g/mol. The minimum absolute atomic E-state index is 0.0227. The monoisotopic (exact) mass is 500 g/mol. The molecule has 2 heterocycles. The van der Waals surface area contributed by atoms with Crippen molar-refractivity contribution in [3.05, 3.63) is 64.1 Å². The van der Waals surface area contributed by atoms with Crippen LogP contribution in [0, 0.1) is 0 Å². The van der Waals surface area contributed by atoms with Gasteiger partial charge in [-0.3, -0.25) is 0 Å². The number of ether oxygens (including phenoxy) is 3. The molecule has 1 aliphatic carbocycles. The van der Waals surface area contributed by atoms with Crippen LogP contribution in [-0.4, -0.2) is 43.0 Å². The first-order valence-corrected chi connectivity index (χ1v) is 11.7. The van der Waals surface area contributed by atoms with Gasteiger partial charge in [-0.25, -0.2) is 0 Å². The standard InChI is InChI=1S/C24H25BrN2O3S/c1-27-11-10-24-9-8-16(29-23(31)26-15-6-4-3-5-7-15)12-20(24)30-22-19(28-2)13-18(25)17(14-27)21(22)24/h3-9,13,16,20H,10-12,14H2,1-2H3,(H,26,31)/t16-,20-,24?/m0/s1. The van der Waals surface area contributed by atoms with E-state index in [0.717, 1.165) is 47.6 Å². The number of thiocarbonyl (C=S) groups is 1. The van der Waals surface area contributed by atoms with E-state index in [0.29, 0.717) is 5.17 Å². The smallest absolute Gasteiger partial charge is 0.261 e. The van der Waals surface area contributed by atoms with Crippen molar-refractivity contribution >= 4 is 39.0 Å². The zero-order valence-corrected chi connectivity index (χ0v) is 20.0. The molecule has 0 saturated carbocycles. The highest BCUT2D eigenvalue weighted by molar-refractivity contribution is 9.10. The fourth-order valence-electron chi connectivity index (χ4n) is 4.98. The van der Waals surface area contributed by atoms with Gasteiger partial charge in [-0.05, 0) is 62.1 Å². The molecule has 5 rings (SSSR count). The largest absolute Gasteiger partial charge is 0.493 e. The molecule has 7 heteroatoms. The van der Waals surface area contributed by atoms with Crippen LogP contribution < -0.4 is 14.8 Å². The van der Waals surface area contributed by atoms with E-state index in [2.05, 4.69) is 45.3 Å². The van der Waals surface area contributed by atoms with Crippen molar-refractivity contribution in [1.82, 2.24) is 4.90 Å². The maximum atomic E-state index is 6.56. The third-order valence-electron chi connectivity index (χ3n) is 6.49. The molecule has 2 aromatic rings. The van der Waals surface area contributed by atoms with Crippen LogP contribution in [0.4, 0.5) is 5.69 Å². The number of nitrogens with zero attached hydrogens (tertiary/aromatic N) is 1. The minimum atomic E-state index is -0.180. The Morgan fingerprint density at radius 2 is 2.13 bits per heavy atom. The van der Waals surface area contributed by atoms with E-state index < -0.39 is 0 Å². The number of anilines is 1. The number of rotatable bonds is 3. The van der Waals surface area contributed by atoms with Gasteiger partial charge in [-0.2, -0.15) is 0 Å². The number of para-hydroxylation sites is 1. The summed E-state index contributed by atoms with van der Waals surface area (Å²) in [5.74, 6) is 1.65. The Morgan fingerprint density at radius 3 is 2.90 bits per heavy atom. The third-order valence-corrected chi connectivity index (χ3v) is 7.39. The highest BCUT2D eigenvalue weighted by atomic mass is 79.9. The molecule has 3 aliphatic rings. The number of benzene rings is 2. The quantitative estimate of drug-likeness (QED) is 0.470. The fraction of sp³-hybridized carbons (Fsp3) is 0.375. The van der Waals surface area contributed by atoms with E-state index in [1.165, 1.54) is 11.1 Å². The van der Waals surface area contributed by atoms with Gasteiger partial charge in [0.1, 0.15) is 12.2 Å². The summed E-state index contributed by atoms with van der Waals surface area (Å²) in [6.07, 6.45) is 5.99. The van der Waals surface area contributed by atoms with Gasteiger partial charge < -0.3 is 24.4 Å². The second-order valence-electron chi connectivity index (χ2n) is 8.41. The van der Waals surface area contributed by atoms with E-state index in [1.54, 1.807) is 7.11 Å². The predicted molar refractivity (Wildman–Crippen MR) is 129 cm³/mol. The summed E-state index contributed by atoms with van der Waals surface area (Å²) in [7, 11) is 3.86. The third kappa shape index (κ3) is 3.62. The molecule has 1 N–H and O–H groups in total. The average molecular weight is 501 g/mol. The molecule has 1 unspecified atom stereocenters. The Labute approximate surface area is 196 Å². The molecule has 1 spiro atoms. The molecule has 5 nitrogen and oxygen atoms in total.